The number of nitrogens with zero attached hydrogens (tertiary/aromatic N) is 2. The van der Waals surface area contributed by atoms with Gasteiger partial charge in [-0.3, -0.25) is 4.79 Å². The highest BCUT2D eigenvalue weighted by Gasteiger charge is 2.20. The lowest BCUT2D eigenvalue weighted by molar-refractivity contribution is 0.0951. The number of hydrogen-bond acceptors (Lipinski definition) is 4. The second kappa shape index (κ2) is 5.49. The first-order chi connectivity index (χ1) is 8.20. The van der Waals surface area contributed by atoms with Gasteiger partial charge in [0.15, 0.2) is 5.13 Å². The quantitative estimate of drug-likeness (QED) is 0.897. The van der Waals surface area contributed by atoms with Crippen LogP contribution in [0.1, 0.15) is 37.2 Å². The van der Waals surface area contributed by atoms with Crippen molar-refractivity contribution < 1.29 is 4.79 Å². The van der Waals surface area contributed by atoms with Crippen molar-refractivity contribution in [3.8, 4) is 0 Å². The zero-order valence-electron chi connectivity index (χ0n) is 10.4. The first-order valence-electron chi connectivity index (χ1n) is 6.19. The molecule has 0 unspecified atom stereocenters. The molecule has 1 saturated heterocycles. The van der Waals surface area contributed by atoms with Crippen LogP contribution in [0.25, 0.3) is 0 Å². The van der Waals surface area contributed by atoms with Gasteiger partial charge in [-0.2, -0.15) is 0 Å². The number of carbonyl (C=O) groups is 1. The van der Waals surface area contributed by atoms with Crippen molar-refractivity contribution in [1.29, 1.82) is 0 Å². The van der Waals surface area contributed by atoms with E-state index in [1.54, 1.807) is 11.3 Å². The summed E-state index contributed by atoms with van der Waals surface area (Å²) in [6.45, 7) is 6.95. The van der Waals surface area contributed by atoms with Crippen LogP contribution in [-0.4, -0.2) is 30.5 Å². The molecule has 1 amide bonds. The van der Waals surface area contributed by atoms with Gasteiger partial charge < -0.3 is 10.2 Å². The predicted octanol–water partition coefficient (Wildman–Crippen LogP) is 2.13. The fourth-order valence-electron chi connectivity index (χ4n) is 2.13. The summed E-state index contributed by atoms with van der Waals surface area (Å²) in [4.78, 5) is 18.3. The monoisotopic (exact) mass is 253 g/mol. The summed E-state index contributed by atoms with van der Waals surface area (Å²) in [5.74, 6) is 0.653. The Bertz CT molecular complexity index is 391. The Morgan fingerprint density at radius 2 is 2.53 bits per heavy atom. The van der Waals surface area contributed by atoms with Crippen LogP contribution in [0.5, 0.6) is 0 Å². The number of nitrogens with one attached hydrogen (secondary N) is 1. The molecular weight excluding hydrogens is 234 g/mol. The van der Waals surface area contributed by atoms with Crippen LogP contribution in [0, 0.1) is 5.92 Å². The average Bonchev–Trinajstić information content (AvgIpc) is 2.78. The molecule has 94 valence electrons. The molecule has 5 heteroatoms. The Kier molecular flexibility index (Phi) is 3.99. The van der Waals surface area contributed by atoms with E-state index in [0.29, 0.717) is 12.2 Å². The third-order valence-corrected chi connectivity index (χ3v) is 3.89. The molecule has 2 rings (SSSR count). The van der Waals surface area contributed by atoms with Gasteiger partial charge in [0, 0.05) is 25.0 Å². The molecule has 1 N–H and O–H groups in total. The summed E-state index contributed by atoms with van der Waals surface area (Å²) in [5, 5.41) is 5.60. The molecule has 0 aliphatic carbocycles. The van der Waals surface area contributed by atoms with Crippen LogP contribution in [0.4, 0.5) is 5.13 Å². The number of rotatable bonds is 3. The van der Waals surface area contributed by atoms with Gasteiger partial charge in [0.1, 0.15) is 5.69 Å². The highest BCUT2D eigenvalue weighted by molar-refractivity contribution is 7.13. The SMILES string of the molecule is CCNC(=O)c1csc(N2CCC[C@@H](C)C2)n1. The number of anilines is 1. The largest absolute Gasteiger partial charge is 0.351 e. The normalized spacial score (nSPS) is 20.4. The maximum atomic E-state index is 11.6. The van der Waals surface area contributed by atoms with Crippen molar-refractivity contribution in [3.63, 3.8) is 0 Å². The van der Waals surface area contributed by atoms with Crippen LogP contribution in [-0.2, 0) is 0 Å². The van der Waals surface area contributed by atoms with Crippen LogP contribution in [0.2, 0.25) is 0 Å². The van der Waals surface area contributed by atoms with E-state index < -0.39 is 0 Å². The standard InChI is InChI=1S/C12H19N3OS/c1-3-13-11(16)10-8-17-12(14-10)15-6-4-5-9(2)7-15/h8-9H,3-7H2,1-2H3,(H,13,16)/t9-/m1/s1. The number of aromatic nitrogens is 1. The Balaban J connectivity index is 2.04. The fraction of sp³-hybridized carbons (Fsp3) is 0.667. The number of hydrogen-bond donors (Lipinski definition) is 1. The van der Waals surface area contributed by atoms with Gasteiger partial charge in [-0.15, -0.1) is 11.3 Å². The summed E-state index contributed by atoms with van der Waals surface area (Å²) < 4.78 is 0. The highest BCUT2D eigenvalue weighted by atomic mass is 32.1. The smallest absolute Gasteiger partial charge is 0.270 e. The zero-order valence-corrected chi connectivity index (χ0v) is 11.2. The van der Waals surface area contributed by atoms with Crippen molar-refractivity contribution in [2.24, 2.45) is 5.92 Å². The van der Waals surface area contributed by atoms with Crippen LogP contribution in [0.15, 0.2) is 5.38 Å². The molecular formula is C12H19N3OS. The van der Waals surface area contributed by atoms with E-state index in [1.807, 2.05) is 12.3 Å². The first kappa shape index (κ1) is 12.4. The van der Waals surface area contributed by atoms with Crippen LogP contribution >= 0.6 is 11.3 Å². The molecule has 1 aromatic heterocycles. The van der Waals surface area contributed by atoms with Crippen LogP contribution < -0.4 is 10.2 Å². The molecule has 4 nitrogen and oxygen atoms in total. The molecule has 1 aliphatic rings. The minimum Gasteiger partial charge on any atom is -0.351 e. The molecule has 1 aromatic rings. The number of amides is 1. The van der Waals surface area contributed by atoms with E-state index in [0.717, 1.165) is 24.1 Å². The Morgan fingerprint density at radius 3 is 3.24 bits per heavy atom. The highest BCUT2D eigenvalue weighted by Crippen LogP contribution is 2.25. The van der Waals surface area contributed by atoms with Gasteiger partial charge in [-0.1, -0.05) is 6.92 Å². The van der Waals surface area contributed by atoms with Gasteiger partial charge in [0.2, 0.25) is 0 Å². The van der Waals surface area contributed by atoms with Crippen molar-refractivity contribution in [2.75, 3.05) is 24.5 Å². The first-order valence-corrected chi connectivity index (χ1v) is 7.07. The maximum absolute atomic E-state index is 11.6. The number of thiazole rings is 1. The predicted molar refractivity (Wildman–Crippen MR) is 70.7 cm³/mol. The lowest BCUT2D eigenvalue weighted by atomic mass is 10.0. The molecule has 1 atom stereocenters. The lowest BCUT2D eigenvalue weighted by Gasteiger charge is -2.30. The van der Waals surface area contributed by atoms with Crippen molar-refractivity contribution in [2.45, 2.75) is 26.7 Å². The van der Waals surface area contributed by atoms with E-state index in [9.17, 15) is 4.79 Å². The third-order valence-electron chi connectivity index (χ3n) is 2.99. The molecule has 2 heterocycles. The van der Waals surface area contributed by atoms with E-state index in [-0.39, 0.29) is 5.91 Å². The summed E-state index contributed by atoms with van der Waals surface area (Å²) >= 11 is 1.57. The molecule has 0 saturated carbocycles. The van der Waals surface area contributed by atoms with Crippen molar-refractivity contribution in [1.82, 2.24) is 10.3 Å². The summed E-state index contributed by atoms with van der Waals surface area (Å²) in [6.07, 6.45) is 2.52. The number of carbonyl (C=O) groups excluding carboxylic acids is 1. The van der Waals surface area contributed by atoms with E-state index in [1.165, 1.54) is 12.8 Å². The number of piperidine rings is 1. The molecule has 1 fully saturated rings. The third kappa shape index (κ3) is 2.97. The Labute approximate surface area is 106 Å². The minimum atomic E-state index is -0.0694. The second-order valence-corrected chi connectivity index (χ2v) is 5.40. The van der Waals surface area contributed by atoms with Crippen molar-refractivity contribution in [3.05, 3.63) is 11.1 Å². The van der Waals surface area contributed by atoms with Gasteiger partial charge >= 0.3 is 0 Å². The molecule has 0 spiro atoms. The molecule has 17 heavy (non-hydrogen) atoms. The second-order valence-electron chi connectivity index (χ2n) is 4.57. The molecule has 0 radical (unpaired) electrons. The molecule has 0 aromatic carbocycles. The van der Waals surface area contributed by atoms with Gasteiger partial charge in [0.25, 0.3) is 5.91 Å². The van der Waals surface area contributed by atoms with Crippen molar-refractivity contribution >= 4 is 22.4 Å². The van der Waals surface area contributed by atoms with Gasteiger partial charge in [-0.25, -0.2) is 4.98 Å². The topological polar surface area (TPSA) is 45.2 Å². The van der Waals surface area contributed by atoms with Crippen LogP contribution in [0.3, 0.4) is 0 Å². The van der Waals surface area contributed by atoms with Gasteiger partial charge in [-0.05, 0) is 25.7 Å². The Hall–Kier alpha value is -1.10. The summed E-state index contributed by atoms with van der Waals surface area (Å²) in [7, 11) is 0. The summed E-state index contributed by atoms with van der Waals surface area (Å²) in [6, 6.07) is 0. The lowest BCUT2D eigenvalue weighted by Crippen LogP contribution is -2.34. The average molecular weight is 253 g/mol. The summed E-state index contributed by atoms with van der Waals surface area (Å²) in [5.41, 5.74) is 0.546. The molecule has 1 aliphatic heterocycles. The van der Waals surface area contributed by atoms with Gasteiger partial charge in [0.05, 0.1) is 0 Å². The van der Waals surface area contributed by atoms with E-state index in [4.69, 9.17) is 0 Å². The Morgan fingerprint density at radius 1 is 1.71 bits per heavy atom. The minimum absolute atomic E-state index is 0.0694. The maximum Gasteiger partial charge on any atom is 0.270 e. The van der Waals surface area contributed by atoms with E-state index in [2.05, 4.69) is 22.1 Å². The zero-order chi connectivity index (χ0) is 12.3. The molecule has 0 bridgehead atoms. The van der Waals surface area contributed by atoms with E-state index >= 15 is 0 Å². The fourth-order valence-corrected chi connectivity index (χ4v) is 2.97.